The molecule has 6 nitrogen and oxygen atoms in total. The van der Waals surface area contributed by atoms with E-state index in [0.717, 1.165) is 16.7 Å². The van der Waals surface area contributed by atoms with E-state index in [2.05, 4.69) is 34.9 Å². The fourth-order valence-corrected chi connectivity index (χ4v) is 6.74. The van der Waals surface area contributed by atoms with E-state index in [9.17, 15) is 13.2 Å². The van der Waals surface area contributed by atoms with Gasteiger partial charge in [0, 0.05) is 46.3 Å². The maximum Gasteiger partial charge on any atom is 0.319 e. The summed E-state index contributed by atoms with van der Waals surface area (Å²) in [5.74, 6) is 0.307. The first-order chi connectivity index (χ1) is 18.1. The monoisotopic (exact) mass is 593 g/mol. The average Bonchev–Trinajstić information content (AvgIpc) is 2.89. The predicted octanol–water partition coefficient (Wildman–Crippen LogP) is 7.28. The van der Waals surface area contributed by atoms with E-state index in [-0.39, 0.29) is 23.6 Å². The molecule has 0 aliphatic carbocycles. The van der Waals surface area contributed by atoms with Crippen molar-refractivity contribution in [2.24, 2.45) is 5.92 Å². The van der Waals surface area contributed by atoms with E-state index in [1.165, 1.54) is 0 Å². The van der Waals surface area contributed by atoms with Crippen LogP contribution in [0, 0.1) is 5.92 Å². The van der Waals surface area contributed by atoms with E-state index in [1.807, 2.05) is 24.3 Å². The van der Waals surface area contributed by atoms with Crippen LogP contribution in [0.1, 0.15) is 31.2 Å². The average molecular weight is 595 g/mol. The molecule has 1 unspecified atom stereocenters. The zero-order valence-corrected chi connectivity index (χ0v) is 24.0. The SMILES string of the molecule is CCS(=O)(=O)N1CCC(C(CNC(=O)Nc2cc(Cl)cc(Cl)c2)c2ccc(-c3cccc(Cl)c3)cc2)CC1. The van der Waals surface area contributed by atoms with Crippen LogP contribution in [0.3, 0.4) is 0 Å². The molecular weight excluding hydrogens is 565 g/mol. The van der Waals surface area contributed by atoms with Gasteiger partial charge in [0.15, 0.2) is 0 Å². The van der Waals surface area contributed by atoms with Crippen molar-refractivity contribution in [1.82, 2.24) is 9.62 Å². The number of nitrogens with one attached hydrogen (secondary N) is 2. The van der Waals surface area contributed by atoms with E-state index in [1.54, 1.807) is 29.4 Å². The van der Waals surface area contributed by atoms with Gasteiger partial charge in [-0.1, -0.05) is 71.2 Å². The molecule has 2 N–H and O–H groups in total. The number of urea groups is 1. The first-order valence-electron chi connectivity index (χ1n) is 12.5. The number of hydrogen-bond acceptors (Lipinski definition) is 3. The van der Waals surface area contributed by atoms with Gasteiger partial charge in [-0.25, -0.2) is 17.5 Å². The summed E-state index contributed by atoms with van der Waals surface area (Å²) in [4.78, 5) is 12.7. The molecule has 0 radical (unpaired) electrons. The summed E-state index contributed by atoms with van der Waals surface area (Å²) in [5, 5.41) is 7.31. The number of carbonyl (C=O) groups is 1. The van der Waals surface area contributed by atoms with Crippen molar-refractivity contribution in [2.45, 2.75) is 25.7 Å². The highest BCUT2D eigenvalue weighted by atomic mass is 35.5. The number of carbonyl (C=O) groups excluding carboxylic acids is 1. The van der Waals surface area contributed by atoms with Crippen molar-refractivity contribution in [1.29, 1.82) is 0 Å². The molecule has 202 valence electrons. The second-order valence-corrected chi connectivity index (χ2v) is 12.9. The molecule has 2 amide bonds. The molecule has 3 aromatic carbocycles. The first-order valence-corrected chi connectivity index (χ1v) is 15.2. The Hall–Kier alpha value is -2.29. The Morgan fingerprint density at radius 2 is 1.58 bits per heavy atom. The highest BCUT2D eigenvalue weighted by Gasteiger charge is 2.32. The lowest BCUT2D eigenvalue weighted by atomic mass is 9.80. The van der Waals surface area contributed by atoms with Gasteiger partial charge in [-0.15, -0.1) is 0 Å². The molecule has 4 rings (SSSR count). The Morgan fingerprint density at radius 1 is 0.921 bits per heavy atom. The second kappa shape index (κ2) is 12.7. The fourth-order valence-electron chi connectivity index (χ4n) is 4.89. The molecule has 0 aromatic heterocycles. The summed E-state index contributed by atoms with van der Waals surface area (Å²) in [6.45, 7) is 3.01. The highest BCUT2D eigenvalue weighted by molar-refractivity contribution is 7.89. The number of benzene rings is 3. The van der Waals surface area contributed by atoms with Crippen LogP contribution in [-0.2, 0) is 10.0 Å². The molecule has 1 atom stereocenters. The van der Waals surface area contributed by atoms with Gasteiger partial charge >= 0.3 is 6.03 Å². The van der Waals surface area contributed by atoms with Crippen LogP contribution in [0.15, 0.2) is 66.7 Å². The maximum atomic E-state index is 12.7. The second-order valence-electron chi connectivity index (χ2n) is 9.37. The van der Waals surface area contributed by atoms with Crippen LogP contribution in [0.2, 0.25) is 15.1 Å². The summed E-state index contributed by atoms with van der Waals surface area (Å²) in [6, 6.07) is 20.4. The fraction of sp³-hybridized carbons (Fsp3) is 0.321. The summed E-state index contributed by atoms with van der Waals surface area (Å²) in [7, 11) is -3.22. The van der Waals surface area contributed by atoms with Crippen LogP contribution in [0.25, 0.3) is 11.1 Å². The van der Waals surface area contributed by atoms with Gasteiger partial charge in [0.1, 0.15) is 0 Å². The van der Waals surface area contributed by atoms with Crippen LogP contribution >= 0.6 is 34.8 Å². The Kier molecular flexibility index (Phi) is 9.60. The molecule has 1 aliphatic rings. The molecule has 1 heterocycles. The molecule has 3 aromatic rings. The number of amides is 2. The van der Waals surface area contributed by atoms with Crippen molar-refractivity contribution in [2.75, 3.05) is 30.7 Å². The maximum absolute atomic E-state index is 12.7. The quantitative estimate of drug-likeness (QED) is 0.288. The third kappa shape index (κ3) is 7.42. The normalized spacial score (nSPS) is 15.7. The van der Waals surface area contributed by atoms with Crippen LogP contribution in [0.5, 0.6) is 0 Å². The summed E-state index contributed by atoms with van der Waals surface area (Å²) < 4.78 is 26.3. The zero-order valence-electron chi connectivity index (χ0n) is 21.0. The predicted molar refractivity (Wildman–Crippen MR) is 157 cm³/mol. The summed E-state index contributed by atoms with van der Waals surface area (Å²) in [5.41, 5.74) is 3.65. The van der Waals surface area contributed by atoms with Gasteiger partial charge in [0.25, 0.3) is 0 Å². The van der Waals surface area contributed by atoms with Gasteiger partial charge in [0.05, 0.1) is 5.75 Å². The molecular formula is C28H30Cl3N3O3S. The third-order valence-corrected chi connectivity index (χ3v) is 9.48. The van der Waals surface area contributed by atoms with Crippen LogP contribution < -0.4 is 10.6 Å². The van der Waals surface area contributed by atoms with Crippen LogP contribution in [0.4, 0.5) is 10.5 Å². The standard InChI is InChI=1S/C28H30Cl3N3O3S/c1-2-38(36,37)34-12-10-21(11-13-34)27(18-32-28(35)33-26-16-24(30)15-25(31)17-26)20-8-6-19(7-9-20)22-4-3-5-23(29)14-22/h3-9,14-17,21,27H,2,10-13,18H2,1H3,(H2,32,33,35). The van der Waals surface area contributed by atoms with Crippen molar-refractivity contribution in [3.63, 3.8) is 0 Å². The molecule has 1 aliphatic heterocycles. The lowest BCUT2D eigenvalue weighted by Gasteiger charge is -2.35. The minimum Gasteiger partial charge on any atom is -0.337 e. The molecule has 1 saturated heterocycles. The van der Waals surface area contributed by atoms with Gasteiger partial charge < -0.3 is 10.6 Å². The number of sulfonamides is 1. The molecule has 38 heavy (non-hydrogen) atoms. The Balaban J connectivity index is 1.50. The molecule has 1 fully saturated rings. The number of nitrogens with zero attached hydrogens (tertiary/aromatic N) is 1. The van der Waals surface area contributed by atoms with E-state index in [0.29, 0.717) is 53.2 Å². The highest BCUT2D eigenvalue weighted by Crippen LogP contribution is 2.34. The number of rotatable bonds is 8. The van der Waals surface area contributed by atoms with Crippen molar-refractivity contribution >= 4 is 56.5 Å². The van der Waals surface area contributed by atoms with Gasteiger partial charge in [-0.2, -0.15) is 0 Å². The summed E-state index contributed by atoms with van der Waals surface area (Å²) in [6.07, 6.45) is 1.43. The minimum absolute atomic E-state index is 0.00333. The smallest absolute Gasteiger partial charge is 0.319 e. The minimum atomic E-state index is -3.22. The topological polar surface area (TPSA) is 78.5 Å². The third-order valence-electron chi connectivity index (χ3n) is 6.93. The Bertz CT molecular complexity index is 1360. The summed E-state index contributed by atoms with van der Waals surface area (Å²) >= 11 is 18.3. The number of anilines is 1. The molecule has 0 saturated carbocycles. The lowest BCUT2D eigenvalue weighted by molar-refractivity contribution is 0.233. The van der Waals surface area contributed by atoms with Crippen molar-refractivity contribution < 1.29 is 13.2 Å². The number of piperidine rings is 1. The van der Waals surface area contributed by atoms with Crippen molar-refractivity contribution in [3.05, 3.63) is 87.4 Å². The first kappa shape index (κ1) is 28.7. The largest absolute Gasteiger partial charge is 0.337 e. The van der Waals surface area contributed by atoms with E-state index < -0.39 is 10.0 Å². The Morgan fingerprint density at radius 3 is 2.18 bits per heavy atom. The Labute approximate surface area is 239 Å². The van der Waals surface area contributed by atoms with Gasteiger partial charge in [-0.3, -0.25) is 0 Å². The van der Waals surface area contributed by atoms with E-state index in [4.69, 9.17) is 34.8 Å². The van der Waals surface area contributed by atoms with Crippen LogP contribution in [-0.4, -0.2) is 44.1 Å². The number of halogens is 3. The van der Waals surface area contributed by atoms with Gasteiger partial charge in [0.2, 0.25) is 10.0 Å². The van der Waals surface area contributed by atoms with Gasteiger partial charge in [-0.05, 0) is 72.7 Å². The molecule has 10 heteroatoms. The number of hydrogen-bond donors (Lipinski definition) is 2. The molecule has 0 bridgehead atoms. The zero-order chi connectivity index (χ0) is 27.3. The van der Waals surface area contributed by atoms with Crippen molar-refractivity contribution in [3.8, 4) is 11.1 Å². The lowest BCUT2D eigenvalue weighted by Crippen LogP contribution is -2.42. The van der Waals surface area contributed by atoms with E-state index >= 15 is 0 Å². The molecule has 0 spiro atoms.